The van der Waals surface area contributed by atoms with E-state index in [1.165, 1.54) is 0 Å². The van der Waals surface area contributed by atoms with Crippen LogP contribution in [0.15, 0.2) is 30.5 Å². The van der Waals surface area contributed by atoms with Crippen molar-refractivity contribution in [1.29, 1.82) is 0 Å². The number of carbonyl (C=O) groups is 1. The fraction of sp³-hybridized carbons (Fsp3) is 0.438. The number of hydrogen-bond acceptors (Lipinski definition) is 3. The molecule has 1 amide bonds. The highest BCUT2D eigenvalue weighted by molar-refractivity contribution is 6.06. The molecule has 2 heterocycles. The van der Waals surface area contributed by atoms with Gasteiger partial charge in [0, 0.05) is 43.3 Å². The number of benzene rings is 1. The molecular weight excluding hydrogens is 266 g/mol. The first kappa shape index (κ1) is 14.1. The van der Waals surface area contributed by atoms with Crippen LogP contribution in [-0.2, 0) is 0 Å². The Hall–Kier alpha value is -1.85. The van der Waals surface area contributed by atoms with Crippen molar-refractivity contribution in [3.63, 3.8) is 0 Å². The van der Waals surface area contributed by atoms with Gasteiger partial charge in [0.1, 0.15) is 0 Å². The number of aromatic amines is 1. The molecule has 0 bridgehead atoms. The number of aromatic nitrogens is 1. The van der Waals surface area contributed by atoms with Gasteiger partial charge in [-0.05, 0) is 19.0 Å². The van der Waals surface area contributed by atoms with Crippen molar-refractivity contribution in [1.82, 2.24) is 14.8 Å². The number of nitrogens with one attached hydrogen (secondary N) is 1. The molecule has 0 saturated carbocycles. The van der Waals surface area contributed by atoms with Gasteiger partial charge in [0.25, 0.3) is 5.91 Å². The molecular formula is C16H21N3O2. The van der Waals surface area contributed by atoms with Crippen LogP contribution in [0.5, 0.6) is 0 Å². The highest BCUT2D eigenvalue weighted by atomic mass is 16.3. The Bertz CT molecular complexity index is 623. The summed E-state index contributed by atoms with van der Waals surface area (Å²) in [7, 11) is 0. The summed E-state index contributed by atoms with van der Waals surface area (Å²) in [5, 5.41) is 10.0. The average molecular weight is 287 g/mol. The maximum atomic E-state index is 12.7. The van der Waals surface area contributed by atoms with E-state index in [0.717, 1.165) is 49.1 Å². The summed E-state index contributed by atoms with van der Waals surface area (Å²) in [5.74, 6) is 0.0956. The minimum absolute atomic E-state index is 0.0956. The molecule has 0 unspecified atom stereocenters. The van der Waals surface area contributed by atoms with Crippen LogP contribution in [0.4, 0.5) is 0 Å². The topological polar surface area (TPSA) is 59.6 Å². The smallest absolute Gasteiger partial charge is 0.256 e. The molecule has 21 heavy (non-hydrogen) atoms. The van der Waals surface area contributed by atoms with Crippen LogP contribution in [0.25, 0.3) is 10.9 Å². The molecule has 1 aliphatic heterocycles. The molecule has 0 atom stereocenters. The SMILES string of the molecule is O=C(c1c[nH]c2ccccc12)N1CCCN(CCO)CC1. The first-order valence-electron chi connectivity index (χ1n) is 7.48. The van der Waals surface area contributed by atoms with E-state index in [9.17, 15) is 4.79 Å². The van der Waals surface area contributed by atoms with E-state index in [1.54, 1.807) is 0 Å². The lowest BCUT2D eigenvalue weighted by molar-refractivity contribution is 0.0762. The van der Waals surface area contributed by atoms with Crippen molar-refractivity contribution in [2.45, 2.75) is 6.42 Å². The molecule has 1 aromatic carbocycles. The third-order valence-electron chi connectivity index (χ3n) is 4.11. The number of rotatable bonds is 3. The summed E-state index contributed by atoms with van der Waals surface area (Å²) in [5.41, 5.74) is 1.75. The van der Waals surface area contributed by atoms with Gasteiger partial charge in [-0.15, -0.1) is 0 Å². The van der Waals surface area contributed by atoms with Gasteiger partial charge in [0.05, 0.1) is 12.2 Å². The van der Waals surface area contributed by atoms with Crippen LogP contribution in [0.3, 0.4) is 0 Å². The summed E-state index contributed by atoms with van der Waals surface area (Å²) in [6.45, 7) is 4.14. The molecule has 5 heteroatoms. The normalized spacial score (nSPS) is 17.1. The Morgan fingerprint density at radius 3 is 2.90 bits per heavy atom. The quantitative estimate of drug-likeness (QED) is 0.895. The van der Waals surface area contributed by atoms with Crippen molar-refractivity contribution in [2.24, 2.45) is 0 Å². The number of nitrogens with zero attached hydrogens (tertiary/aromatic N) is 2. The molecule has 3 rings (SSSR count). The first-order chi connectivity index (χ1) is 10.3. The van der Waals surface area contributed by atoms with Gasteiger partial charge in [-0.25, -0.2) is 0 Å². The van der Waals surface area contributed by atoms with Crippen molar-refractivity contribution >= 4 is 16.8 Å². The Kier molecular flexibility index (Phi) is 4.22. The monoisotopic (exact) mass is 287 g/mol. The van der Waals surface area contributed by atoms with E-state index in [0.29, 0.717) is 6.54 Å². The van der Waals surface area contributed by atoms with Crippen molar-refractivity contribution in [3.8, 4) is 0 Å². The number of H-pyrrole nitrogens is 1. The van der Waals surface area contributed by atoms with Crippen LogP contribution in [0.1, 0.15) is 16.8 Å². The van der Waals surface area contributed by atoms with Gasteiger partial charge in [0.15, 0.2) is 0 Å². The van der Waals surface area contributed by atoms with Gasteiger partial charge in [-0.1, -0.05) is 18.2 Å². The third-order valence-corrected chi connectivity index (χ3v) is 4.11. The van der Waals surface area contributed by atoms with Crippen LogP contribution in [-0.4, -0.2) is 65.1 Å². The van der Waals surface area contributed by atoms with Crippen LogP contribution >= 0.6 is 0 Å². The van der Waals surface area contributed by atoms with E-state index < -0.39 is 0 Å². The molecule has 2 aromatic rings. The Morgan fingerprint density at radius 2 is 2.05 bits per heavy atom. The van der Waals surface area contributed by atoms with E-state index in [-0.39, 0.29) is 12.5 Å². The number of hydrogen-bond donors (Lipinski definition) is 2. The van der Waals surface area contributed by atoms with Crippen LogP contribution in [0, 0.1) is 0 Å². The predicted molar refractivity (Wildman–Crippen MR) is 82.3 cm³/mol. The van der Waals surface area contributed by atoms with Crippen molar-refractivity contribution < 1.29 is 9.90 Å². The molecule has 112 valence electrons. The predicted octanol–water partition coefficient (Wildman–Crippen LogP) is 1.31. The number of amides is 1. The number of β-amino-alcohol motifs (C(OH)–C–C–N with tert-alkyl or cyclic N) is 1. The van der Waals surface area contributed by atoms with E-state index in [1.807, 2.05) is 35.4 Å². The lowest BCUT2D eigenvalue weighted by atomic mass is 10.1. The highest BCUT2D eigenvalue weighted by Gasteiger charge is 2.22. The zero-order valence-electron chi connectivity index (χ0n) is 12.1. The van der Waals surface area contributed by atoms with E-state index in [2.05, 4.69) is 9.88 Å². The largest absolute Gasteiger partial charge is 0.395 e. The van der Waals surface area contributed by atoms with E-state index >= 15 is 0 Å². The molecule has 1 fully saturated rings. The summed E-state index contributed by atoms with van der Waals surface area (Å²) >= 11 is 0. The zero-order chi connectivity index (χ0) is 14.7. The second kappa shape index (κ2) is 6.28. The average Bonchev–Trinajstić information content (AvgIpc) is 2.80. The minimum atomic E-state index is 0.0956. The highest BCUT2D eigenvalue weighted by Crippen LogP contribution is 2.20. The summed E-state index contributed by atoms with van der Waals surface area (Å²) in [6.07, 6.45) is 2.76. The number of aliphatic hydroxyl groups excluding tert-OH is 1. The Morgan fingerprint density at radius 1 is 1.19 bits per heavy atom. The lowest BCUT2D eigenvalue weighted by Gasteiger charge is -2.21. The fourth-order valence-electron chi connectivity index (χ4n) is 2.96. The van der Waals surface area contributed by atoms with Crippen molar-refractivity contribution in [3.05, 3.63) is 36.0 Å². The molecule has 0 radical (unpaired) electrons. The molecule has 2 N–H and O–H groups in total. The van der Waals surface area contributed by atoms with Gasteiger partial charge in [-0.3, -0.25) is 9.69 Å². The van der Waals surface area contributed by atoms with Gasteiger partial charge in [-0.2, -0.15) is 0 Å². The second-order valence-electron chi connectivity index (χ2n) is 5.46. The Labute approximate surface area is 124 Å². The van der Waals surface area contributed by atoms with E-state index in [4.69, 9.17) is 5.11 Å². The van der Waals surface area contributed by atoms with Gasteiger partial charge >= 0.3 is 0 Å². The summed E-state index contributed by atoms with van der Waals surface area (Å²) < 4.78 is 0. The summed E-state index contributed by atoms with van der Waals surface area (Å²) in [6, 6.07) is 7.89. The van der Waals surface area contributed by atoms with Crippen LogP contribution in [0.2, 0.25) is 0 Å². The van der Waals surface area contributed by atoms with Gasteiger partial charge in [0.2, 0.25) is 0 Å². The third kappa shape index (κ3) is 2.94. The van der Waals surface area contributed by atoms with Crippen LogP contribution < -0.4 is 0 Å². The number of fused-ring (bicyclic) bond motifs is 1. The molecule has 1 aromatic heterocycles. The molecule has 0 spiro atoms. The maximum Gasteiger partial charge on any atom is 0.256 e. The number of carbonyl (C=O) groups excluding carboxylic acids is 1. The van der Waals surface area contributed by atoms with Crippen molar-refractivity contribution in [2.75, 3.05) is 39.3 Å². The number of para-hydroxylation sites is 1. The molecule has 1 aliphatic rings. The molecule has 1 saturated heterocycles. The lowest BCUT2D eigenvalue weighted by Crippen LogP contribution is -2.35. The standard InChI is InChI=1S/C16H21N3O2/c20-11-10-18-6-3-7-19(9-8-18)16(21)14-12-17-15-5-2-1-4-13(14)15/h1-2,4-5,12,17,20H,3,6-11H2. The molecule has 5 nitrogen and oxygen atoms in total. The fourth-order valence-corrected chi connectivity index (χ4v) is 2.96. The van der Waals surface area contributed by atoms with Gasteiger partial charge < -0.3 is 15.0 Å². The maximum absolute atomic E-state index is 12.7. The molecule has 0 aliphatic carbocycles. The Balaban J connectivity index is 1.76. The summed E-state index contributed by atoms with van der Waals surface area (Å²) in [4.78, 5) is 20.0. The number of aliphatic hydroxyl groups is 1. The zero-order valence-corrected chi connectivity index (χ0v) is 12.1. The first-order valence-corrected chi connectivity index (χ1v) is 7.48. The second-order valence-corrected chi connectivity index (χ2v) is 5.46. The minimum Gasteiger partial charge on any atom is -0.395 e.